The molecule has 0 spiro atoms. The van der Waals surface area contributed by atoms with E-state index in [0.29, 0.717) is 0 Å². The van der Waals surface area contributed by atoms with E-state index >= 15 is 0 Å². The summed E-state index contributed by atoms with van der Waals surface area (Å²) >= 11 is 0. The van der Waals surface area contributed by atoms with Gasteiger partial charge < -0.3 is 17.7 Å². The van der Waals surface area contributed by atoms with Crippen LogP contribution in [0.2, 0.25) is 0 Å². The first kappa shape index (κ1) is 19.4. The summed E-state index contributed by atoms with van der Waals surface area (Å²) < 4.78 is 81.8. The van der Waals surface area contributed by atoms with Gasteiger partial charge in [0.15, 0.2) is 0 Å². The zero-order valence-corrected chi connectivity index (χ0v) is 13.1. The molecule has 0 aliphatic heterocycles. The minimum Gasteiger partial charge on any atom is -0.447 e. The van der Waals surface area contributed by atoms with E-state index in [0.717, 1.165) is 29.8 Å². The second-order valence-electron chi connectivity index (χ2n) is 5.69. The van der Waals surface area contributed by atoms with Crippen LogP contribution in [0.15, 0.2) is 54.6 Å². The Morgan fingerprint density at radius 2 is 1.44 bits per heavy atom. The fraction of sp³-hybridized carbons (Fsp3) is 0.294. The van der Waals surface area contributed by atoms with Crippen LogP contribution in [0.4, 0.5) is 26.1 Å². The summed E-state index contributed by atoms with van der Waals surface area (Å²) in [5, 5.41) is 0. The second-order valence-corrected chi connectivity index (χ2v) is 5.69. The minimum absolute atomic E-state index is 0.208. The highest BCUT2D eigenvalue weighted by Crippen LogP contribution is 2.29. The molecular weight excluding hydrogens is 345 g/mol. The van der Waals surface area contributed by atoms with E-state index in [4.69, 9.17) is 4.74 Å². The zero-order valence-electron chi connectivity index (χ0n) is 13.1. The van der Waals surface area contributed by atoms with E-state index in [9.17, 15) is 26.1 Å². The van der Waals surface area contributed by atoms with Crippen LogP contribution in [0, 0.1) is 0 Å². The molecule has 0 radical (unpaired) electrons. The predicted molar refractivity (Wildman–Crippen MR) is 83.9 cm³/mol. The molecule has 0 aromatic heterocycles. The highest BCUT2D eigenvalue weighted by molar-refractivity contribution is 6.60. The molecule has 0 fully saturated rings. The molecule has 1 unspecified atom stereocenters. The van der Waals surface area contributed by atoms with E-state index in [1.54, 1.807) is 30.3 Å². The van der Waals surface area contributed by atoms with Gasteiger partial charge in [0.2, 0.25) is 0 Å². The molecule has 0 saturated carbocycles. The number of halogens is 6. The molecule has 0 bridgehead atoms. The first-order valence-corrected chi connectivity index (χ1v) is 7.68. The first-order valence-electron chi connectivity index (χ1n) is 7.68. The normalized spacial score (nSPS) is 13.7. The Labute approximate surface area is 141 Å². The highest BCUT2D eigenvalue weighted by Gasteiger charge is 2.35. The average molecular weight is 361 g/mol. The molecule has 25 heavy (non-hydrogen) atoms. The van der Waals surface area contributed by atoms with Crippen molar-refractivity contribution in [1.29, 1.82) is 0 Å². The zero-order chi connectivity index (χ0) is 18.5. The van der Waals surface area contributed by atoms with Gasteiger partial charge in [-0.3, -0.25) is 0 Å². The minimum atomic E-state index is -5.21. The number of benzene rings is 2. The van der Waals surface area contributed by atoms with Gasteiger partial charge in [0, 0.05) is 6.00 Å². The maximum Gasteiger partial charge on any atom is 0.506 e. The lowest BCUT2D eigenvalue weighted by Crippen LogP contribution is -2.37. The Hall–Kier alpha value is -1.96. The molecule has 0 saturated heterocycles. The number of ether oxygens (including phenoxy) is 1. The van der Waals surface area contributed by atoms with E-state index < -0.39 is 31.3 Å². The molecule has 0 amide bonds. The van der Waals surface area contributed by atoms with Crippen LogP contribution in [0.25, 0.3) is 0 Å². The SMILES string of the molecule is F[B-](F)(F)C(CCc1ccccc1)OCc1ccc(C(F)(F)F)cc1. The summed E-state index contributed by atoms with van der Waals surface area (Å²) in [6.07, 6.45) is -4.50. The summed E-state index contributed by atoms with van der Waals surface area (Å²) in [7, 11) is 0. The Morgan fingerprint density at radius 3 is 1.96 bits per heavy atom. The molecule has 2 aromatic carbocycles. The quantitative estimate of drug-likeness (QED) is 0.460. The number of alkyl halides is 3. The van der Waals surface area contributed by atoms with Crippen LogP contribution < -0.4 is 0 Å². The van der Waals surface area contributed by atoms with Crippen molar-refractivity contribution in [1.82, 2.24) is 0 Å². The van der Waals surface area contributed by atoms with Gasteiger partial charge in [0.25, 0.3) is 0 Å². The van der Waals surface area contributed by atoms with Crippen molar-refractivity contribution in [3.8, 4) is 0 Å². The molecular formula is C17H16BF6O-. The summed E-state index contributed by atoms with van der Waals surface area (Å²) in [5.41, 5.74) is 0.181. The van der Waals surface area contributed by atoms with Crippen LogP contribution in [0.3, 0.4) is 0 Å². The molecule has 2 rings (SSSR count). The molecule has 2 aromatic rings. The van der Waals surface area contributed by atoms with Crippen molar-refractivity contribution in [3.05, 3.63) is 71.3 Å². The molecule has 136 valence electrons. The van der Waals surface area contributed by atoms with Gasteiger partial charge in [-0.25, -0.2) is 0 Å². The maximum atomic E-state index is 13.1. The van der Waals surface area contributed by atoms with E-state index in [1.165, 1.54) is 0 Å². The second kappa shape index (κ2) is 7.95. The first-order chi connectivity index (χ1) is 11.7. The molecule has 1 atom stereocenters. The fourth-order valence-corrected chi connectivity index (χ4v) is 2.33. The van der Waals surface area contributed by atoms with Gasteiger partial charge in [-0.05, 0) is 36.1 Å². The van der Waals surface area contributed by atoms with Crippen LogP contribution in [0.5, 0.6) is 0 Å². The maximum absolute atomic E-state index is 13.1. The third-order valence-electron chi connectivity index (χ3n) is 3.73. The lowest BCUT2D eigenvalue weighted by Gasteiger charge is -2.27. The topological polar surface area (TPSA) is 9.23 Å². The van der Waals surface area contributed by atoms with Crippen LogP contribution in [0.1, 0.15) is 23.1 Å². The summed E-state index contributed by atoms with van der Waals surface area (Å²) in [6, 6.07) is 10.7. The fourth-order valence-electron chi connectivity index (χ4n) is 2.33. The number of hydrogen-bond acceptors (Lipinski definition) is 1. The molecule has 1 nitrogen and oxygen atoms in total. The standard InChI is InChI=1S/C17H16BF6O/c19-17(20,21)15-9-6-14(7-10-15)12-25-16(18(22,23)24)11-8-13-4-2-1-3-5-13/h1-7,9-10,16H,8,11-12H2/q-1. The third kappa shape index (κ3) is 6.12. The molecule has 0 aliphatic carbocycles. The van der Waals surface area contributed by atoms with E-state index in [2.05, 4.69) is 0 Å². The Morgan fingerprint density at radius 1 is 0.840 bits per heavy atom. The Kier molecular flexibility index (Phi) is 6.16. The van der Waals surface area contributed by atoms with Gasteiger partial charge in [-0.2, -0.15) is 13.2 Å². The highest BCUT2D eigenvalue weighted by atomic mass is 19.4. The Balaban J connectivity index is 1.96. The monoisotopic (exact) mass is 361 g/mol. The molecule has 0 aliphatic rings. The molecule has 0 N–H and O–H groups in total. The van der Waals surface area contributed by atoms with E-state index in [1.807, 2.05) is 0 Å². The summed E-state index contributed by atoms with van der Waals surface area (Å²) in [4.78, 5) is 0. The summed E-state index contributed by atoms with van der Waals surface area (Å²) in [5.74, 6) is 0. The van der Waals surface area contributed by atoms with Gasteiger partial charge >= 0.3 is 13.2 Å². The van der Waals surface area contributed by atoms with Gasteiger partial charge in [0.05, 0.1) is 12.2 Å². The van der Waals surface area contributed by atoms with Gasteiger partial charge in [0.1, 0.15) is 0 Å². The van der Waals surface area contributed by atoms with Crippen molar-refractivity contribution in [2.45, 2.75) is 31.6 Å². The lowest BCUT2D eigenvalue weighted by molar-refractivity contribution is -0.137. The average Bonchev–Trinajstić information content (AvgIpc) is 2.54. The van der Waals surface area contributed by atoms with Crippen LogP contribution in [-0.4, -0.2) is 13.0 Å². The number of hydrogen-bond donors (Lipinski definition) is 0. The lowest BCUT2D eigenvalue weighted by atomic mass is 9.78. The van der Waals surface area contributed by atoms with Gasteiger partial charge in [-0.1, -0.05) is 42.5 Å². The van der Waals surface area contributed by atoms with Crippen molar-refractivity contribution in [2.24, 2.45) is 0 Å². The smallest absolute Gasteiger partial charge is 0.447 e. The largest absolute Gasteiger partial charge is 0.506 e. The van der Waals surface area contributed by atoms with E-state index in [-0.39, 0.29) is 18.4 Å². The van der Waals surface area contributed by atoms with Crippen LogP contribution >= 0.6 is 0 Å². The van der Waals surface area contributed by atoms with Crippen molar-refractivity contribution in [3.63, 3.8) is 0 Å². The Bertz CT molecular complexity index is 652. The van der Waals surface area contributed by atoms with Crippen molar-refractivity contribution < 1.29 is 30.9 Å². The molecule has 8 heteroatoms. The number of aryl methyl sites for hydroxylation is 1. The third-order valence-corrected chi connectivity index (χ3v) is 3.73. The van der Waals surface area contributed by atoms with Gasteiger partial charge in [-0.15, -0.1) is 0 Å². The number of rotatable bonds is 7. The van der Waals surface area contributed by atoms with Crippen molar-refractivity contribution in [2.75, 3.05) is 0 Å². The predicted octanol–water partition coefficient (Wildman–Crippen LogP) is 5.61. The summed E-state index contributed by atoms with van der Waals surface area (Å²) in [6.45, 7) is -5.60. The van der Waals surface area contributed by atoms with Crippen molar-refractivity contribution >= 4 is 6.98 Å². The van der Waals surface area contributed by atoms with Crippen LogP contribution in [-0.2, 0) is 23.9 Å². The molecule has 0 heterocycles.